The second kappa shape index (κ2) is 5.67. The molecule has 2 unspecified atom stereocenters. The van der Waals surface area contributed by atoms with Crippen LogP contribution in [-0.2, 0) is 9.84 Å². The van der Waals surface area contributed by atoms with E-state index in [0.717, 1.165) is 45.3 Å². The van der Waals surface area contributed by atoms with Gasteiger partial charge in [-0.15, -0.1) is 0 Å². The van der Waals surface area contributed by atoms with Gasteiger partial charge in [0.1, 0.15) is 0 Å². The molecule has 5 heteroatoms. The van der Waals surface area contributed by atoms with E-state index in [0.29, 0.717) is 17.5 Å². The Morgan fingerprint density at radius 2 is 2.12 bits per heavy atom. The Kier molecular flexibility index (Phi) is 4.44. The monoisotopic (exact) mass is 260 g/mol. The van der Waals surface area contributed by atoms with Crippen LogP contribution < -0.4 is 5.32 Å². The Hall–Kier alpha value is -0.130. The summed E-state index contributed by atoms with van der Waals surface area (Å²) in [6, 6.07) is 0.881. The summed E-state index contributed by atoms with van der Waals surface area (Å²) in [4.78, 5) is 2.39. The summed E-state index contributed by atoms with van der Waals surface area (Å²) < 4.78 is 23.3. The zero-order valence-electron chi connectivity index (χ0n) is 10.7. The summed E-state index contributed by atoms with van der Waals surface area (Å²) in [6.45, 7) is 5.25. The molecule has 2 rings (SSSR count). The smallest absolute Gasteiger partial charge is 0.151 e. The van der Waals surface area contributed by atoms with Crippen LogP contribution in [0.25, 0.3) is 0 Å². The molecule has 2 atom stereocenters. The minimum Gasteiger partial charge on any atom is -0.313 e. The average Bonchev–Trinajstić information content (AvgIpc) is 2.52. The highest BCUT2D eigenvalue weighted by molar-refractivity contribution is 7.91. The highest BCUT2D eigenvalue weighted by Crippen LogP contribution is 2.19. The number of hydrogen-bond acceptors (Lipinski definition) is 4. The van der Waals surface area contributed by atoms with Crippen molar-refractivity contribution in [1.29, 1.82) is 0 Å². The van der Waals surface area contributed by atoms with Crippen LogP contribution in [0.4, 0.5) is 0 Å². The van der Waals surface area contributed by atoms with E-state index < -0.39 is 9.84 Å². The molecule has 2 heterocycles. The Balaban J connectivity index is 1.93. The molecule has 2 aliphatic heterocycles. The van der Waals surface area contributed by atoms with E-state index in [1.807, 2.05) is 0 Å². The molecule has 0 amide bonds. The van der Waals surface area contributed by atoms with Crippen molar-refractivity contribution in [2.45, 2.75) is 44.7 Å². The van der Waals surface area contributed by atoms with Crippen LogP contribution in [-0.4, -0.2) is 56.5 Å². The number of sulfone groups is 1. The van der Waals surface area contributed by atoms with Gasteiger partial charge in [0.2, 0.25) is 0 Å². The molecule has 1 N–H and O–H groups in total. The van der Waals surface area contributed by atoms with Crippen LogP contribution in [0, 0.1) is 0 Å². The van der Waals surface area contributed by atoms with Gasteiger partial charge in [0.15, 0.2) is 9.84 Å². The van der Waals surface area contributed by atoms with Gasteiger partial charge in [-0.25, -0.2) is 8.42 Å². The van der Waals surface area contributed by atoms with Crippen molar-refractivity contribution in [1.82, 2.24) is 10.2 Å². The Morgan fingerprint density at radius 3 is 2.82 bits per heavy atom. The van der Waals surface area contributed by atoms with E-state index in [2.05, 4.69) is 17.1 Å². The second-order valence-electron chi connectivity index (χ2n) is 5.29. The lowest BCUT2D eigenvalue weighted by molar-refractivity contribution is 0.208. The van der Waals surface area contributed by atoms with Crippen LogP contribution in [0.3, 0.4) is 0 Å². The first-order valence-corrected chi connectivity index (χ1v) is 8.61. The van der Waals surface area contributed by atoms with E-state index in [1.165, 1.54) is 0 Å². The van der Waals surface area contributed by atoms with Gasteiger partial charge in [0.05, 0.1) is 11.5 Å². The SMILES string of the molecule is CCC1CCN(C2CCCS(=O)(=O)C2)CCN1. The molecule has 17 heavy (non-hydrogen) atoms. The van der Waals surface area contributed by atoms with Crippen LogP contribution >= 0.6 is 0 Å². The van der Waals surface area contributed by atoms with Crippen molar-refractivity contribution in [2.75, 3.05) is 31.1 Å². The minimum absolute atomic E-state index is 0.270. The van der Waals surface area contributed by atoms with E-state index in [4.69, 9.17) is 0 Å². The predicted octanol–water partition coefficient (Wildman–Crippen LogP) is 0.638. The van der Waals surface area contributed by atoms with Gasteiger partial charge in [0.25, 0.3) is 0 Å². The highest BCUT2D eigenvalue weighted by atomic mass is 32.2. The van der Waals surface area contributed by atoms with Crippen LogP contribution in [0.1, 0.15) is 32.6 Å². The van der Waals surface area contributed by atoms with Crippen LogP contribution in [0.5, 0.6) is 0 Å². The molecule has 0 radical (unpaired) electrons. The fourth-order valence-corrected chi connectivity index (χ4v) is 4.68. The molecular weight excluding hydrogens is 236 g/mol. The van der Waals surface area contributed by atoms with Crippen molar-refractivity contribution in [3.63, 3.8) is 0 Å². The summed E-state index contributed by atoms with van der Waals surface area (Å²) in [5.41, 5.74) is 0. The third-order valence-corrected chi connectivity index (χ3v) is 5.85. The Labute approximate surface area is 105 Å². The molecule has 0 aromatic carbocycles. The molecule has 2 saturated heterocycles. The normalized spacial score (nSPS) is 35.4. The number of nitrogens with one attached hydrogen (secondary N) is 1. The number of rotatable bonds is 2. The molecule has 4 nitrogen and oxygen atoms in total. The predicted molar refractivity (Wildman–Crippen MR) is 69.9 cm³/mol. The van der Waals surface area contributed by atoms with Crippen LogP contribution in [0.15, 0.2) is 0 Å². The second-order valence-corrected chi connectivity index (χ2v) is 7.52. The first kappa shape index (κ1) is 13.3. The molecule has 0 aromatic heterocycles. The number of hydrogen-bond donors (Lipinski definition) is 1. The highest BCUT2D eigenvalue weighted by Gasteiger charge is 2.30. The summed E-state index contributed by atoms with van der Waals surface area (Å²) >= 11 is 0. The van der Waals surface area contributed by atoms with Crippen LogP contribution in [0.2, 0.25) is 0 Å². The Bertz CT molecular complexity index is 342. The van der Waals surface area contributed by atoms with E-state index in [1.54, 1.807) is 0 Å². The van der Waals surface area contributed by atoms with Crippen molar-refractivity contribution in [2.24, 2.45) is 0 Å². The van der Waals surface area contributed by atoms with Gasteiger partial charge in [-0.05, 0) is 32.2 Å². The van der Waals surface area contributed by atoms with Gasteiger partial charge < -0.3 is 5.32 Å². The molecular formula is C12H24N2O2S. The zero-order chi connectivity index (χ0) is 12.3. The van der Waals surface area contributed by atoms with Gasteiger partial charge in [-0.1, -0.05) is 6.92 Å². The number of nitrogens with zero attached hydrogens (tertiary/aromatic N) is 1. The molecule has 0 saturated carbocycles. The lowest BCUT2D eigenvalue weighted by atomic mass is 10.1. The molecule has 2 fully saturated rings. The zero-order valence-corrected chi connectivity index (χ0v) is 11.5. The quantitative estimate of drug-likeness (QED) is 0.791. The molecule has 0 aliphatic carbocycles. The summed E-state index contributed by atoms with van der Waals surface area (Å²) in [5, 5.41) is 3.53. The lowest BCUT2D eigenvalue weighted by Crippen LogP contribution is -2.45. The van der Waals surface area contributed by atoms with Crippen molar-refractivity contribution in [3.8, 4) is 0 Å². The fourth-order valence-electron chi connectivity index (χ4n) is 2.95. The third-order valence-electron chi connectivity index (χ3n) is 4.05. The van der Waals surface area contributed by atoms with E-state index in [9.17, 15) is 8.42 Å². The minimum atomic E-state index is -2.77. The largest absolute Gasteiger partial charge is 0.313 e. The topological polar surface area (TPSA) is 49.4 Å². The van der Waals surface area contributed by atoms with E-state index >= 15 is 0 Å². The first-order chi connectivity index (χ1) is 8.11. The van der Waals surface area contributed by atoms with E-state index in [-0.39, 0.29) is 6.04 Å². The third kappa shape index (κ3) is 3.66. The van der Waals surface area contributed by atoms with Gasteiger partial charge in [0, 0.05) is 25.2 Å². The molecule has 100 valence electrons. The summed E-state index contributed by atoms with van der Waals surface area (Å²) in [6.07, 6.45) is 4.20. The standard InChI is InChI=1S/C12H24N2O2S/c1-2-11-5-7-14(8-6-13-11)12-4-3-9-17(15,16)10-12/h11-13H,2-10H2,1H3. The van der Waals surface area contributed by atoms with Crippen molar-refractivity contribution < 1.29 is 8.42 Å². The van der Waals surface area contributed by atoms with Crippen molar-refractivity contribution >= 4 is 9.84 Å². The molecule has 2 aliphatic rings. The summed E-state index contributed by atoms with van der Waals surface area (Å²) in [7, 11) is -2.77. The van der Waals surface area contributed by atoms with Gasteiger partial charge >= 0.3 is 0 Å². The Morgan fingerprint density at radius 1 is 1.29 bits per heavy atom. The lowest BCUT2D eigenvalue weighted by Gasteiger charge is -2.32. The molecule has 0 aromatic rings. The molecule has 0 bridgehead atoms. The first-order valence-electron chi connectivity index (χ1n) is 6.78. The maximum atomic E-state index is 11.7. The van der Waals surface area contributed by atoms with Gasteiger partial charge in [-0.3, -0.25) is 4.90 Å². The summed E-state index contributed by atoms with van der Waals surface area (Å²) in [5.74, 6) is 0.775. The van der Waals surface area contributed by atoms with Crippen molar-refractivity contribution in [3.05, 3.63) is 0 Å². The fraction of sp³-hybridized carbons (Fsp3) is 1.00. The van der Waals surface area contributed by atoms with Gasteiger partial charge in [-0.2, -0.15) is 0 Å². The average molecular weight is 260 g/mol. The maximum Gasteiger partial charge on any atom is 0.151 e. The maximum absolute atomic E-state index is 11.7. The molecule has 0 spiro atoms.